The summed E-state index contributed by atoms with van der Waals surface area (Å²) in [6, 6.07) is 0. The number of esters is 1. The van der Waals surface area contributed by atoms with Crippen LogP contribution in [0.2, 0.25) is 0 Å². The summed E-state index contributed by atoms with van der Waals surface area (Å²) in [6.07, 6.45) is 3.83. The first-order valence-corrected chi connectivity index (χ1v) is 5.79. The van der Waals surface area contributed by atoms with Crippen LogP contribution >= 0.6 is 0 Å². The largest absolute Gasteiger partial charge is 0.434 e. The Kier molecular flexibility index (Phi) is 7.72. The van der Waals surface area contributed by atoms with E-state index in [1.165, 1.54) is 6.92 Å². The van der Waals surface area contributed by atoms with Gasteiger partial charge in [0.25, 0.3) is 0 Å². The molecule has 0 saturated heterocycles. The molecule has 5 nitrogen and oxygen atoms in total. The van der Waals surface area contributed by atoms with E-state index in [0.29, 0.717) is 12.8 Å². The molecule has 0 rings (SSSR count). The van der Waals surface area contributed by atoms with Gasteiger partial charge in [-0.1, -0.05) is 13.3 Å². The van der Waals surface area contributed by atoms with Crippen molar-refractivity contribution in [1.82, 2.24) is 5.32 Å². The smallest absolute Gasteiger partial charge is 0.304 e. The van der Waals surface area contributed by atoms with Crippen LogP contribution in [0.15, 0.2) is 5.18 Å². The number of hydrogen-bond acceptors (Lipinski definition) is 5. The zero-order chi connectivity index (χ0) is 12.4. The van der Waals surface area contributed by atoms with Crippen LogP contribution in [0.4, 0.5) is 0 Å². The summed E-state index contributed by atoms with van der Waals surface area (Å²) in [4.78, 5) is 21.7. The number of nitrogens with zero attached hydrogens (tertiary/aromatic N) is 1. The fourth-order valence-electron chi connectivity index (χ4n) is 1.58. The molecule has 0 radical (unpaired) electrons. The van der Waals surface area contributed by atoms with Crippen LogP contribution < -0.4 is 5.32 Å². The summed E-state index contributed by atoms with van der Waals surface area (Å²) in [5.74, 6) is -0.448. The highest BCUT2D eigenvalue weighted by atomic mass is 16.6. The quantitative estimate of drug-likeness (QED) is 0.374. The van der Waals surface area contributed by atoms with E-state index in [-0.39, 0.29) is 0 Å². The first-order chi connectivity index (χ1) is 7.60. The Bertz CT molecular complexity index is 221. The van der Waals surface area contributed by atoms with Gasteiger partial charge in [-0.05, 0) is 31.6 Å². The van der Waals surface area contributed by atoms with Crippen molar-refractivity contribution in [3.8, 4) is 0 Å². The number of carbonyl (C=O) groups excluding carboxylic acids is 1. The lowest BCUT2D eigenvalue weighted by atomic mass is 10.0. The lowest BCUT2D eigenvalue weighted by molar-refractivity contribution is -0.157. The minimum atomic E-state index is -1.15. The van der Waals surface area contributed by atoms with Crippen molar-refractivity contribution in [2.24, 2.45) is 5.18 Å². The van der Waals surface area contributed by atoms with Gasteiger partial charge >= 0.3 is 5.97 Å². The van der Waals surface area contributed by atoms with E-state index in [2.05, 4.69) is 10.5 Å². The molecular formula is C11H22N2O3. The minimum Gasteiger partial charge on any atom is -0.434 e. The summed E-state index contributed by atoms with van der Waals surface area (Å²) < 4.78 is 5.01. The number of nitroso groups, excluding NO2 is 1. The molecule has 0 amide bonds. The Morgan fingerprint density at radius 2 is 2.06 bits per heavy atom. The second kappa shape index (κ2) is 8.21. The van der Waals surface area contributed by atoms with Crippen LogP contribution in [0.5, 0.6) is 0 Å². The van der Waals surface area contributed by atoms with Gasteiger partial charge in [-0.25, -0.2) is 0 Å². The highest BCUT2D eigenvalue weighted by Crippen LogP contribution is 2.25. The Balaban J connectivity index is 4.01. The number of carbonyl (C=O) groups is 1. The van der Waals surface area contributed by atoms with E-state index in [9.17, 15) is 9.70 Å². The molecule has 0 saturated carbocycles. The predicted octanol–water partition coefficient (Wildman–Crippen LogP) is 2.20. The van der Waals surface area contributed by atoms with E-state index in [1.54, 1.807) is 6.92 Å². The average Bonchev–Trinajstić information content (AvgIpc) is 2.26. The van der Waals surface area contributed by atoms with Crippen molar-refractivity contribution in [3.05, 3.63) is 4.91 Å². The highest BCUT2D eigenvalue weighted by Gasteiger charge is 2.32. The van der Waals surface area contributed by atoms with Gasteiger partial charge in [-0.2, -0.15) is 0 Å². The lowest BCUT2D eigenvalue weighted by Gasteiger charge is -2.24. The van der Waals surface area contributed by atoms with Gasteiger partial charge in [0.2, 0.25) is 5.72 Å². The summed E-state index contributed by atoms with van der Waals surface area (Å²) >= 11 is 0. The van der Waals surface area contributed by atoms with E-state index in [4.69, 9.17) is 4.74 Å². The van der Waals surface area contributed by atoms with E-state index in [1.807, 2.05) is 7.05 Å². The van der Waals surface area contributed by atoms with Crippen molar-refractivity contribution in [1.29, 1.82) is 0 Å². The van der Waals surface area contributed by atoms with Crippen LogP contribution in [0.3, 0.4) is 0 Å². The molecular weight excluding hydrogens is 208 g/mol. The van der Waals surface area contributed by atoms with Crippen molar-refractivity contribution >= 4 is 5.97 Å². The maximum absolute atomic E-state index is 10.9. The topological polar surface area (TPSA) is 67.8 Å². The van der Waals surface area contributed by atoms with Gasteiger partial charge < -0.3 is 10.1 Å². The maximum atomic E-state index is 10.9. The summed E-state index contributed by atoms with van der Waals surface area (Å²) in [7, 11) is 1.90. The Labute approximate surface area is 96.9 Å². The molecule has 0 bridgehead atoms. The molecule has 0 heterocycles. The molecule has 94 valence electrons. The molecule has 5 heteroatoms. The van der Waals surface area contributed by atoms with E-state index >= 15 is 0 Å². The summed E-state index contributed by atoms with van der Waals surface area (Å²) in [6.45, 7) is 4.07. The maximum Gasteiger partial charge on any atom is 0.304 e. The fourth-order valence-corrected chi connectivity index (χ4v) is 1.58. The van der Waals surface area contributed by atoms with Gasteiger partial charge in [0, 0.05) is 19.8 Å². The molecule has 1 atom stereocenters. The molecule has 0 aromatic rings. The fraction of sp³-hybridized carbons (Fsp3) is 0.909. The molecule has 0 aliphatic rings. The summed E-state index contributed by atoms with van der Waals surface area (Å²) in [5.41, 5.74) is -1.15. The van der Waals surface area contributed by atoms with E-state index in [0.717, 1.165) is 25.8 Å². The monoisotopic (exact) mass is 230 g/mol. The Hall–Kier alpha value is -0.970. The zero-order valence-electron chi connectivity index (χ0n) is 10.4. The average molecular weight is 230 g/mol. The molecule has 0 fully saturated rings. The second-order valence-corrected chi connectivity index (χ2v) is 3.90. The standard InChI is InChI=1S/C11H22N2O3/c1-4-11(13-15,16-10(2)14)8-6-5-7-9-12-3/h12H,4-9H2,1-3H3. The van der Waals surface area contributed by atoms with Crippen molar-refractivity contribution in [2.45, 2.75) is 51.7 Å². The van der Waals surface area contributed by atoms with Gasteiger partial charge in [-0.3, -0.25) is 4.79 Å². The van der Waals surface area contributed by atoms with Crippen molar-refractivity contribution < 1.29 is 9.53 Å². The predicted molar refractivity (Wildman–Crippen MR) is 63.0 cm³/mol. The minimum absolute atomic E-state index is 0.433. The molecule has 0 aromatic heterocycles. The van der Waals surface area contributed by atoms with Crippen LogP contribution in [0.1, 0.15) is 46.0 Å². The molecule has 0 spiro atoms. The van der Waals surface area contributed by atoms with Gasteiger partial charge in [0.15, 0.2) is 0 Å². The second-order valence-electron chi connectivity index (χ2n) is 3.90. The van der Waals surface area contributed by atoms with Crippen molar-refractivity contribution in [2.75, 3.05) is 13.6 Å². The van der Waals surface area contributed by atoms with E-state index < -0.39 is 11.7 Å². The van der Waals surface area contributed by atoms with Gasteiger partial charge in [0.05, 0.1) is 0 Å². The first kappa shape index (κ1) is 15.0. The third-order valence-electron chi connectivity index (χ3n) is 2.55. The lowest BCUT2D eigenvalue weighted by Crippen LogP contribution is -2.31. The van der Waals surface area contributed by atoms with Crippen molar-refractivity contribution in [3.63, 3.8) is 0 Å². The van der Waals surface area contributed by atoms with Crippen LogP contribution in [-0.2, 0) is 9.53 Å². The van der Waals surface area contributed by atoms with Gasteiger partial charge in [-0.15, -0.1) is 4.91 Å². The summed E-state index contributed by atoms with van der Waals surface area (Å²) in [5, 5.41) is 6.04. The number of unbranched alkanes of at least 4 members (excludes halogenated alkanes) is 2. The van der Waals surface area contributed by atoms with Crippen LogP contribution in [0.25, 0.3) is 0 Å². The molecule has 0 aliphatic carbocycles. The Morgan fingerprint density at radius 3 is 2.50 bits per heavy atom. The number of rotatable bonds is 9. The SMILES string of the molecule is CCC(CCCCCNC)(N=O)OC(C)=O. The number of ether oxygens (including phenoxy) is 1. The number of nitrogens with one attached hydrogen (secondary N) is 1. The normalized spacial score (nSPS) is 14.2. The molecule has 1 N–H and O–H groups in total. The van der Waals surface area contributed by atoms with Crippen LogP contribution in [-0.4, -0.2) is 25.3 Å². The van der Waals surface area contributed by atoms with Crippen LogP contribution in [0, 0.1) is 4.91 Å². The molecule has 0 aliphatic heterocycles. The third-order valence-corrected chi connectivity index (χ3v) is 2.55. The molecule has 0 aromatic carbocycles. The highest BCUT2D eigenvalue weighted by molar-refractivity contribution is 5.66. The van der Waals surface area contributed by atoms with Gasteiger partial charge in [0.1, 0.15) is 0 Å². The zero-order valence-corrected chi connectivity index (χ0v) is 10.4. The molecule has 16 heavy (non-hydrogen) atoms. The number of hydrogen-bond donors (Lipinski definition) is 1. The third kappa shape index (κ3) is 5.80. The Morgan fingerprint density at radius 1 is 1.38 bits per heavy atom. The first-order valence-electron chi connectivity index (χ1n) is 5.79. The molecule has 1 unspecified atom stereocenters.